The molecule has 0 spiro atoms. The zero-order valence-electron chi connectivity index (χ0n) is 17.9. The smallest absolute Gasteiger partial charge is 0.262 e. The van der Waals surface area contributed by atoms with Crippen LogP contribution in [0, 0.1) is 11.7 Å². The second-order valence-electron chi connectivity index (χ2n) is 8.50. The topological polar surface area (TPSA) is 78.7 Å². The fraction of sp³-hybridized carbons (Fsp3) is 0.348. The van der Waals surface area contributed by atoms with E-state index < -0.39 is 16.1 Å². The van der Waals surface area contributed by atoms with Gasteiger partial charge in [-0.05, 0) is 35.7 Å². The lowest BCUT2D eigenvalue weighted by Crippen LogP contribution is -2.48. The van der Waals surface area contributed by atoms with E-state index in [0.29, 0.717) is 24.1 Å². The maximum Gasteiger partial charge on any atom is 0.262 e. The summed E-state index contributed by atoms with van der Waals surface area (Å²) in [5.41, 5.74) is 2.82. The van der Waals surface area contributed by atoms with Gasteiger partial charge in [0, 0.05) is 44.0 Å². The predicted octanol–water partition coefficient (Wildman–Crippen LogP) is 2.79. The molecule has 0 saturated carbocycles. The quantitative estimate of drug-likeness (QED) is 0.653. The van der Waals surface area contributed by atoms with Gasteiger partial charge in [0.05, 0.1) is 25.0 Å². The van der Waals surface area contributed by atoms with Crippen LogP contribution in [0.25, 0.3) is 11.1 Å². The Morgan fingerprint density at radius 3 is 2.66 bits per heavy atom. The van der Waals surface area contributed by atoms with Gasteiger partial charge in [-0.25, -0.2) is 17.8 Å². The van der Waals surface area contributed by atoms with E-state index in [4.69, 9.17) is 0 Å². The fourth-order valence-corrected chi connectivity index (χ4v) is 6.82. The number of anilines is 1. The minimum Gasteiger partial charge on any atom is -0.394 e. The van der Waals surface area contributed by atoms with Crippen molar-refractivity contribution >= 4 is 15.7 Å². The molecule has 3 atom stereocenters. The number of aliphatic hydroxyl groups excluding tert-OH is 1. The Bertz CT molecular complexity index is 1280. The van der Waals surface area contributed by atoms with E-state index in [0.717, 1.165) is 11.3 Å². The summed E-state index contributed by atoms with van der Waals surface area (Å²) in [7, 11) is -0.199. The molecule has 0 bridgehead atoms. The number of fused-ring (bicyclic) bond motifs is 3. The van der Waals surface area contributed by atoms with Crippen LogP contribution in [0.1, 0.15) is 18.0 Å². The Morgan fingerprint density at radius 1 is 1.19 bits per heavy atom. The normalized spacial score (nSPS) is 23.2. The largest absolute Gasteiger partial charge is 0.394 e. The van der Waals surface area contributed by atoms with Gasteiger partial charge in [0.2, 0.25) is 0 Å². The first-order chi connectivity index (χ1) is 15.3. The van der Waals surface area contributed by atoms with Crippen LogP contribution in [0.4, 0.5) is 10.1 Å². The Balaban J connectivity index is 1.66. The number of likely N-dealkylation sites (N-methyl/N-ethyl adjacent to an activating group) is 1. The summed E-state index contributed by atoms with van der Waals surface area (Å²) in [5, 5.41) is 10.1. The van der Waals surface area contributed by atoms with Crippen molar-refractivity contribution in [2.45, 2.75) is 23.5 Å². The summed E-state index contributed by atoms with van der Waals surface area (Å²) in [5.74, 6) is -0.419. The van der Waals surface area contributed by atoms with E-state index in [-0.39, 0.29) is 29.4 Å². The third kappa shape index (κ3) is 3.15. The highest BCUT2D eigenvalue weighted by atomic mass is 32.2. The standard InChI is InChI=1S/C23H25FN4O3S/c1-26-12-22(25-14-26)32(30,31)28-10-9-17-21(13-29)27(2)20-8-7-15(11-18(20)23(17)28)16-5-3-4-6-19(16)24/h3-8,11-12,14,17,21,23,29H,9-10,13H2,1-2H3/t17-,21-,23-/m0/s1. The van der Waals surface area contributed by atoms with E-state index in [1.165, 1.54) is 22.9 Å². The van der Waals surface area contributed by atoms with Crippen molar-refractivity contribution in [2.75, 3.05) is 25.1 Å². The summed E-state index contributed by atoms with van der Waals surface area (Å²) >= 11 is 0. The molecule has 0 radical (unpaired) electrons. The lowest BCUT2D eigenvalue weighted by Gasteiger charge is -2.44. The van der Waals surface area contributed by atoms with Crippen molar-refractivity contribution in [1.29, 1.82) is 0 Å². The van der Waals surface area contributed by atoms with Crippen LogP contribution in [-0.4, -0.2) is 53.6 Å². The molecule has 0 unspecified atom stereocenters. The highest BCUT2D eigenvalue weighted by Crippen LogP contribution is 2.51. The van der Waals surface area contributed by atoms with Crippen molar-refractivity contribution in [3.8, 4) is 11.1 Å². The van der Waals surface area contributed by atoms with Gasteiger partial charge in [0.1, 0.15) is 5.82 Å². The molecule has 1 saturated heterocycles. The van der Waals surface area contributed by atoms with Crippen LogP contribution in [0.15, 0.2) is 60.0 Å². The minimum atomic E-state index is -3.84. The maximum absolute atomic E-state index is 14.5. The first kappa shape index (κ1) is 21.1. The molecule has 2 aliphatic heterocycles. The fourth-order valence-electron chi connectivity index (χ4n) is 5.19. The molecule has 9 heteroatoms. The van der Waals surface area contributed by atoms with Crippen molar-refractivity contribution in [2.24, 2.45) is 13.0 Å². The third-order valence-corrected chi connectivity index (χ3v) is 8.51. The zero-order valence-corrected chi connectivity index (χ0v) is 18.7. The highest BCUT2D eigenvalue weighted by Gasteiger charge is 2.50. The van der Waals surface area contributed by atoms with Gasteiger partial charge in [0.25, 0.3) is 10.0 Å². The molecule has 5 rings (SSSR count). The summed E-state index contributed by atoms with van der Waals surface area (Å²) in [6.45, 7) is 0.256. The maximum atomic E-state index is 14.5. The number of nitrogens with zero attached hydrogens (tertiary/aromatic N) is 4. The molecule has 3 heterocycles. The van der Waals surface area contributed by atoms with E-state index in [1.54, 1.807) is 29.8 Å². The Morgan fingerprint density at radius 2 is 1.97 bits per heavy atom. The van der Waals surface area contributed by atoms with Gasteiger partial charge in [-0.15, -0.1) is 0 Å². The molecule has 7 nitrogen and oxygen atoms in total. The van der Waals surface area contributed by atoms with E-state index in [9.17, 15) is 17.9 Å². The predicted molar refractivity (Wildman–Crippen MR) is 119 cm³/mol. The third-order valence-electron chi connectivity index (χ3n) is 6.74. The summed E-state index contributed by atoms with van der Waals surface area (Å²) < 4.78 is 44.6. The molecular formula is C23H25FN4O3S. The molecule has 1 N–H and O–H groups in total. The van der Waals surface area contributed by atoms with Crippen molar-refractivity contribution in [3.05, 3.63) is 66.4 Å². The lowest BCUT2D eigenvalue weighted by atomic mass is 9.81. The van der Waals surface area contributed by atoms with E-state index >= 15 is 0 Å². The molecule has 2 aromatic carbocycles. The lowest BCUT2D eigenvalue weighted by molar-refractivity contribution is 0.193. The number of aliphatic hydroxyl groups is 1. The van der Waals surface area contributed by atoms with Crippen molar-refractivity contribution in [1.82, 2.24) is 13.9 Å². The second-order valence-corrected chi connectivity index (χ2v) is 10.3. The number of aryl methyl sites for hydroxylation is 1. The number of benzene rings is 2. The average Bonchev–Trinajstić information content (AvgIpc) is 3.42. The molecule has 2 aliphatic rings. The molecule has 1 fully saturated rings. The summed E-state index contributed by atoms with van der Waals surface area (Å²) in [4.78, 5) is 6.09. The van der Waals surface area contributed by atoms with Gasteiger partial charge in [-0.1, -0.05) is 24.3 Å². The molecule has 1 aromatic heterocycles. The Hall–Kier alpha value is -2.75. The van der Waals surface area contributed by atoms with Crippen LogP contribution >= 0.6 is 0 Å². The highest BCUT2D eigenvalue weighted by molar-refractivity contribution is 7.89. The average molecular weight is 457 g/mol. The Kier molecular flexibility index (Phi) is 5.07. The molecule has 168 valence electrons. The van der Waals surface area contributed by atoms with Gasteiger partial charge in [0.15, 0.2) is 5.03 Å². The molecular weight excluding hydrogens is 431 g/mol. The number of hydrogen-bond acceptors (Lipinski definition) is 5. The number of rotatable bonds is 4. The van der Waals surface area contributed by atoms with Crippen molar-refractivity contribution in [3.63, 3.8) is 0 Å². The van der Waals surface area contributed by atoms with Gasteiger partial charge in [-0.2, -0.15) is 4.31 Å². The molecule has 3 aromatic rings. The van der Waals surface area contributed by atoms with Gasteiger partial charge in [-0.3, -0.25) is 0 Å². The number of hydrogen-bond donors (Lipinski definition) is 1. The van der Waals surface area contributed by atoms with Crippen LogP contribution in [0.5, 0.6) is 0 Å². The SMILES string of the molecule is CN1c2ccc(-c3ccccc3F)cc2[C@@H]2[C@@H](CCN2S(=O)(=O)c2cn(C)cn2)[C@@H]1CO. The first-order valence-electron chi connectivity index (χ1n) is 10.6. The van der Waals surface area contributed by atoms with Crippen molar-refractivity contribution < 1.29 is 17.9 Å². The molecule has 0 aliphatic carbocycles. The minimum absolute atomic E-state index is 0.00642. The second kappa shape index (κ2) is 7.68. The summed E-state index contributed by atoms with van der Waals surface area (Å²) in [6.07, 6.45) is 3.59. The summed E-state index contributed by atoms with van der Waals surface area (Å²) in [6, 6.07) is 11.5. The van der Waals surface area contributed by atoms with Crippen LogP contribution in [-0.2, 0) is 17.1 Å². The van der Waals surface area contributed by atoms with Gasteiger partial charge >= 0.3 is 0 Å². The van der Waals surface area contributed by atoms with Crippen LogP contribution < -0.4 is 4.90 Å². The number of aromatic nitrogens is 2. The molecule has 32 heavy (non-hydrogen) atoms. The zero-order chi connectivity index (χ0) is 22.6. The Labute approximate surface area is 186 Å². The number of halogens is 1. The number of sulfonamides is 1. The number of imidazole rings is 1. The van der Waals surface area contributed by atoms with Gasteiger partial charge < -0.3 is 14.6 Å². The van der Waals surface area contributed by atoms with E-state index in [2.05, 4.69) is 4.98 Å². The van der Waals surface area contributed by atoms with E-state index in [1.807, 2.05) is 30.1 Å². The van der Waals surface area contributed by atoms with Crippen LogP contribution in [0.3, 0.4) is 0 Å². The monoisotopic (exact) mass is 456 g/mol. The molecule has 0 amide bonds. The first-order valence-corrected chi connectivity index (χ1v) is 12.0. The van der Waals surface area contributed by atoms with Crippen LogP contribution in [0.2, 0.25) is 0 Å².